The molecule has 114 valence electrons. The van der Waals surface area contributed by atoms with Gasteiger partial charge in [-0.1, -0.05) is 6.07 Å². The molecule has 0 saturated carbocycles. The number of carbonyl (C=O) groups excluding carboxylic acids is 2. The number of nitrogens with one attached hydrogen (secondary N) is 1. The number of rotatable bonds is 5. The van der Waals surface area contributed by atoms with Crippen LogP contribution in [0.15, 0.2) is 18.2 Å². The van der Waals surface area contributed by atoms with Gasteiger partial charge in [-0.3, -0.25) is 4.79 Å². The number of amides is 2. The zero-order chi connectivity index (χ0) is 16.0. The Hall–Kier alpha value is -2.57. The highest BCUT2D eigenvalue weighted by atomic mass is 16.5. The van der Waals surface area contributed by atoms with Gasteiger partial charge in [0, 0.05) is 19.3 Å². The van der Waals surface area contributed by atoms with E-state index < -0.39 is 18.0 Å². The van der Waals surface area contributed by atoms with Crippen molar-refractivity contribution in [2.75, 3.05) is 26.0 Å². The van der Waals surface area contributed by atoms with Gasteiger partial charge in [-0.25, -0.2) is 9.59 Å². The minimum absolute atomic E-state index is 0.0908. The Morgan fingerprint density at radius 3 is 2.57 bits per heavy atom. The number of carboxylic acids is 1. The van der Waals surface area contributed by atoms with E-state index in [9.17, 15) is 14.4 Å². The Morgan fingerprint density at radius 2 is 2.00 bits per heavy atom. The Morgan fingerprint density at radius 1 is 1.33 bits per heavy atom. The smallest absolute Gasteiger partial charge is 0.335 e. The number of anilines is 1. The molecule has 0 spiro atoms. The van der Waals surface area contributed by atoms with E-state index in [4.69, 9.17) is 5.11 Å². The number of nitrogens with zero attached hydrogens (tertiary/aromatic N) is 1. The quantitative estimate of drug-likeness (QED) is 0.806. The summed E-state index contributed by atoms with van der Waals surface area (Å²) in [5.41, 5.74) is 1.26. The van der Waals surface area contributed by atoms with Crippen molar-refractivity contribution in [3.05, 3.63) is 29.3 Å². The number of esters is 1. The number of carbonyl (C=O) groups is 3. The van der Waals surface area contributed by atoms with Crippen molar-refractivity contribution in [3.8, 4) is 0 Å². The molecule has 1 rings (SSSR count). The maximum absolute atomic E-state index is 12.0. The topological polar surface area (TPSA) is 95.9 Å². The third-order valence-electron chi connectivity index (χ3n) is 2.95. The average Bonchev–Trinajstić information content (AvgIpc) is 2.46. The molecule has 0 aromatic heterocycles. The van der Waals surface area contributed by atoms with Crippen molar-refractivity contribution in [1.82, 2.24) is 4.90 Å². The predicted molar refractivity (Wildman–Crippen MR) is 76.4 cm³/mol. The van der Waals surface area contributed by atoms with Gasteiger partial charge in [0.15, 0.2) is 0 Å². The van der Waals surface area contributed by atoms with Gasteiger partial charge in [-0.2, -0.15) is 0 Å². The molecule has 2 N–H and O–H groups in total. The maximum Gasteiger partial charge on any atom is 0.335 e. The molecule has 0 saturated heterocycles. The van der Waals surface area contributed by atoms with Crippen LogP contribution in [-0.2, 0) is 9.53 Å². The van der Waals surface area contributed by atoms with Crippen LogP contribution in [0.4, 0.5) is 10.5 Å². The Kier molecular flexibility index (Phi) is 5.71. The van der Waals surface area contributed by atoms with Gasteiger partial charge < -0.3 is 20.1 Å². The van der Waals surface area contributed by atoms with Crippen molar-refractivity contribution in [1.29, 1.82) is 0 Å². The summed E-state index contributed by atoms with van der Waals surface area (Å²) in [6, 6.07) is 4.05. The molecule has 7 heteroatoms. The highest BCUT2D eigenvalue weighted by Gasteiger charge is 2.13. The molecule has 0 heterocycles. The monoisotopic (exact) mass is 294 g/mol. The fourth-order valence-corrected chi connectivity index (χ4v) is 1.56. The van der Waals surface area contributed by atoms with Gasteiger partial charge in [0.25, 0.3) is 0 Å². The molecule has 2 amide bonds. The van der Waals surface area contributed by atoms with Gasteiger partial charge >= 0.3 is 18.0 Å². The average molecular weight is 294 g/mol. The maximum atomic E-state index is 12.0. The van der Waals surface area contributed by atoms with Crippen LogP contribution < -0.4 is 5.32 Å². The number of ether oxygens (including phenoxy) is 1. The first-order chi connectivity index (χ1) is 9.85. The van der Waals surface area contributed by atoms with E-state index in [1.807, 2.05) is 0 Å². The SMILES string of the molecule is COC(=O)CCN(C)C(=O)Nc1cc(C(=O)O)ccc1C. The molecule has 21 heavy (non-hydrogen) atoms. The third kappa shape index (κ3) is 4.79. The van der Waals surface area contributed by atoms with E-state index in [1.165, 1.54) is 31.2 Å². The zero-order valence-electron chi connectivity index (χ0n) is 12.2. The van der Waals surface area contributed by atoms with Crippen LogP contribution in [-0.4, -0.2) is 48.7 Å². The largest absolute Gasteiger partial charge is 0.478 e. The number of hydrogen-bond donors (Lipinski definition) is 2. The highest BCUT2D eigenvalue weighted by Crippen LogP contribution is 2.17. The molecule has 7 nitrogen and oxygen atoms in total. The van der Waals surface area contributed by atoms with Crippen LogP contribution in [0.3, 0.4) is 0 Å². The first kappa shape index (κ1) is 16.5. The van der Waals surface area contributed by atoms with E-state index in [0.29, 0.717) is 5.69 Å². The van der Waals surface area contributed by atoms with Gasteiger partial charge in [0.05, 0.1) is 19.1 Å². The van der Waals surface area contributed by atoms with Crippen LogP contribution in [0.1, 0.15) is 22.3 Å². The summed E-state index contributed by atoms with van der Waals surface area (Å²) in [5, 5.41) is 11.6. The lowest BCUT2D eigenvalue weighted by Gasteiger charge is -2.18. The van der Waals surface area contributed by atoms with Crippen molar-refractivity contribution >= 4 is 23.7 Å². The van der Waals surface area contributed by atoms with Gasteiger partial charge in [-0.15, -0.1) is 0 Å². The van der Waals surface area contributed by atoms with Crippen molar-refractivity contribution in [3.63, 3.8) is 0 Å². The summed E-state index contributed by atoms with van der Waals surface area (Å²) in [7, 11) is 2.82. The Labute approximate surface area is 122 Å². The molecule has 1 aromatic rings. The van der Waals surface area contributed by atoms with Crippen LogP contribution in [0, 0.1) is 6.92 Å². The predicted octanol–water partition coefficient (Wildman–Crippen LogP) is 1.72. The fraction of sp³-hybridized carbons (Fsp3) is 0.357. The van der Waals surface area contributed by atoms with E-state index in [2.05, 4.69) is 10.1 Å². The number of carboxylic acid groups (broad SMARTS) is 1. The summed E-state index contributed by atoms with van der Waals surface area (Å²) in [6.07, 6.45) is 0.0918. The molecule has 0 atom stereocenters. The molecule has 0 radical (unpaired) electrons. The van der Waals surface area contributed by atoms with Crippen LogP contribution in [0.5, 0.6) is 0 Å². The van der Waals surface area contributed by atoms with Crippen LogP contribution >= 0.6 is 0 Å². The highest BCUT2D eigenvalue weighted by molar-refractivity contribution is 5.94. The molecule has 0 unspecified atom stereocenters. The lowest BCUT2D eigenvalue weighted by molar-refractivity contribution is -0.140. The Balaban J connectivity index is 2.71. The van der Waals surface area contributed by atoms with Crippen LogP contribution in [0.25, 0.3) is 0 Å². The van der Waals surface area contributed by atoms with Gasteiger partial charge in [0.1, 0.15) is 0 Å². The second-order valence-electron chi connectivity index (χ2n) is 4.51. The third-order valence-corrected chi connectivity index (χ3v) is 2.95. The number of methoxy groups -OCH3 is 1. The molecular formula is C14H18N2O5. The molecule has 0 fully saturated rings. The van der Waals surface area contributed by atoms with Crippen molar-refractivity contribution < 1.29 is 24.2 Å². The molecule has 0 aliphatic carbocycles. The minimum Gasteiger partial charge on any atom is -0.478 e. The normalized spacial score (nSPS) is 9.86. The standard InChI is InChI=1S/C14H18N2O5/c1-9-4-5-10(13(18)19)8-11(9)15-14(20)16(2)7-6-12(17)21-3/h4-5,8H,6-7H2,1-3H3,(H,15,20)(H,18,19). The second-order valence-corrected chi connectivity index (χ2v) is 4.51. The molecular weight excluding hydrogens is 276 g/mol. The second kappa shape index (κ2) is 7.28. The number of urea groups is 1. The van der Waals surface area contributed by atoms with Gasteiger partial charge in [0.2, 0.25) is 0 Å². The minimum atomic E-state index is -1.07. The summed E-state index contributed by atoms with van der Waals surface area (Å²) in [6.45, 7) is 1.96. The summed E-state index contributed by atoms with van der Waals surface area (Å²) < 4.78 is 4.50. The number of aryl methyl sites for hydroxylation is 1. The lowest BCUT2D eigenvalue weighted by Crippen LogP contribution is -2.33. The Bertz CT molecular complexity index is 556. The van der Waals surface area contributed by atoms with Crippen molar-refractivity contribution in [2.24, 2.45) is 0 Å². The van der Waals surface area contributed by atoms with E-state index in [0.717, 1.165) is 5.56 Å². The molecule has 1 aromatic carbocycles. The summed E-state index contributed by atoms with van der Waals surface area (Å²) in [4.78, 5) is 35.2. The van der Waals surface area contributed by atoms with Crippen molar-refractivity contribution in [2.45, 2.75) is 13.3 Å². The fourth-order valence-electron chi connectivity index (χ4n) is 1.56. The van der Waals surface area contributed by atoms with E-state index in [-0.39, 0.29) is 18.5 Å². The molecule has 0 bridgehead atoms. The summed E-state index contributed by atoms with van der Waals surface area (Å²) >= 11 is 0. The van der Waals surface area contributed by atoms with E-state index in [1.54, 1.807) is 13.0 Å². The van der Waals surface area contributed by atoms with Crippen LogP contribution in [0.2, 0.25) is 0 Å². The number of aromatic carboxylic acids is 1. The zero-order valence-corrected chi connectivity index (χ0v) is 12.2. The first-order valence-corrected chi connectivity index (χ1v) is 6.28. The van der Waals surface area contributed by atoms with Gasteiger partial charge in [-0.05, 0) is 24.6 Å². The first-order valence-electron chi connectivity index (χ1n) is 6.28. The number of hydrogen-bond acceptors (Lipinski definition) is 4. The lowest BCUT2D eigenvalue weighted by atomic mass is 10.1. The van der Waals surface area contributed by atoms with E-state index >= 15 is 0 Å². The molecule has 0 aliphatic heterocycles. The summed E-state index contributed by atoms with van der Waals surface area (Å²) in [5.74, 6) is -1.47. The molecule has 0 aliphatic rings. The number of benzene rings is 1.